The van der Waals surface area contributed by atoms with Gasteiger partial charge in [-0.1, -0.05) is 17.7 Å². The summed E-state index contributed by atoms with van der Waals surface area (Å²) in [4.78, 5) is 2.18. The zero-order valence-corrected chi connectivity index (χ0v) is 13.0. The van der Waals surface area contributed by atoms with E-state index in [0.29, 0.717) is 5.02 Å². The van der Waals surface area contributed by atoms with Gasteiger partial charge in [0.2, 0.25) is 0 Å². The third-order valence-corrected chi connectivity index (χ3v) is 4.55. The molecule has 0 amide bonds. The molecule has 0 bridgehead atoms. The van der Waals surface area contributed by atoms with E-state index in [0.717, 1.165) is 24.2 Å². The standard InChI is InChI=1S/C17H18ClNO3/c1-19-8-13(10-2-4-16(21)17(22)6-10)14(9-19)12-7-11(18)3-5-15(12)20/h2-7,13-14,20-22H,8-9H2,1H3. The molecule has 116 valence electrons. The van der Waals surface area contributed by atoms with Crippen molar-refractivity contribution in [1.82, 2.24) is 4.90 Å². The van der Waals surface area contributed by atoms with Gasteiger partial charge in [0.05, 0.1) is 0 Å². The Morgan fingerprint density at radius 2 is 1.59 bits per heavy atom. The molecular formula is C17H18ClNO3. The number of phenols is 3. The molecule has 0 aromatic heterocycles. The van der Waals surface area contributed by atoms with Crippen molar-refractivity contribution >= 4 is 11.6 Å². The first-order valence-corrected chi connectivity index (χ1v) is 7.52. The van der Waals surface area contributed by atoms with E-state index in [4.69, 9.17) is 11.6 Å². The maximum Gasteiger partial charge on any atom is 0.157 e. The molecule has 0 aliphatic carbocycles. The Labute approximate surface area is 134 Å². The lowest BCUT2D eigenvalue weighted by molar-refractivity contribution is 0.400. The first-order valence-electron chi connectivity index (χ1n) is 7.14. The van der Waals surface area contributed by atoms with E-state index in [2.05, 4.69) is 4.90 Å². The van der Waals surface area contributed by atoms with Gasteiger partial charge in [0.1, 0.15) is 5.75 Å². The number of likely N-dealkylation sites (tertiary alicyclic amines) is 1. The predicted molar refractivity (Wildman–Crippen MR) is 85.9 cm³/mol. The normalized spacial score (nSPS) is 22.1. The second-order valence-electron chi connectivity index (χ2n) is 5.89. The molecule has 0 saturated carbocycles. The minimum absolute atomic E-state index is 0.0765. The van der Waals surface area contributed by atoms with Crippen LogP contribution in [0, 0.1) is 0 Å². The fourth-order valence-electron chi connectivity index (χ4n) is 3.25. The molecule has 5 heteroatoms. The summed E-state index contributed by atoms with van der Waals surface area (Å²) in [6.45, 7) is 1.60. The number of rotatable bonds is 2. The summed E-state index contributed by atoms with van der Waals surface area (Å²) in [7, 11) is 2.02. The number of nitrogens with zero attached hydrogens (tertiary/aromatic N) is 1. The third kappa shape index (κ3) is 2.72. The lowest BCUT2D eigenvalue weighted by atomic mass is 9.83. The van der Waals surface area contributed by atoms with Crippen molar-refractivity contribution in [3.05, 3.63) is 52.5 Å². The first kappa shape index (κ1) is 15.0. The Bertz CT molecular complexity index is 704. The summed E-state index contributed by atoms with van der Waals surface area (Å²) in [6, 6.07) is 9.98. The van der Waals surface area contributed by atoms with E-state index in [-0.39, 0.29) is 29.1 Å². The van der Waals surface area contributed by atoms with Gasteiger partial charge in [-0.25, -0.2) is 0 Å². The van der Waals surface area contributed by atoms with Crippen molar-refractivity contribution in [3.63, 3.8) is 0 Å². The van der Waals surface area contributed by atoms with Crippen LogP contribution in [0.3, 0.4) is 0 Å². The van der Waals surface area contributed by atoms with Gasteiger partial charge in [0, 0.05) is 35.5 Å². The molecule has 1 fully saturated rings. The van der Waals surface area contributed by atoms with Crippen LogP contribution in [0.1, 0.15) is 23.0 Å². The molecule has 1 aliphatic heterocycles. The van der Waals surface area contributed by atoms with Gasteiger partial charge in [-0.15, -0.1) is 0 Å². The second-order valence-corrected chi connectivity index (χ2v) is 6.32. The van der Waals surface area contributed by atoms with Crippen LogP contribution in [-0.2, 0) is 0 Å². The predicted octanol–water partition coefficient (Wildman–Crippen LogP) is 3.27. The minimum Gasteiger partial charge on any atom is -0.508 e. The molecule has 1 aliphatic rings. The van der Waals surface area contributed by atoms with Crippen LogP contribution in [0.4, 0.5) is 0 Å². The van der Waals surface area contributed by atoms with Gasteiger partial charge in [0.15, 0.2) is 11.5 Å². The lowest BCUT2D eigenvalue weighted by Crippen LogP contribution is -2.13. The Kier molecular flexibility index (Phi) is 3.89. The Balaban J connectivity index is 2.02. The van der Waals surface area contributed by atoms with E-state index in [9.17, 15) is 15.3 Å². The van der Waals surface area contributed by atoms with E-state index in [1.807, 2.05) is 13.1 Å². The molecule has 2 aromatic rings. The summed E-state index contributed by atoms with van der Waals surface area (Å²) in [5.74, 6) is 0.171. The highest BCUT2D eigenvalue weighted by Crippen LogP contribution is 2.44. The maximum atomic E-state index is 10.2. The van der Waals surface area contributed by atoms with Crippen molar-refractivity contribution in [1.29, 1.82) is 0 Å². The van der Waals surface area contributed by atoms with Crippen molar-refractivity contribution in [3.8, 4) is 17.2 Å². The van der Waals surface area contributed by atoms with Crippen LogP contribution >= 0.6 is 11.6 Å². The van der Waals surface area contributed by atoms with Gasteiger partial charge in [-0.05, 0) is 42.9 Å². The third-order valence-electron chi connectivity index (χ3n) is 4.32. The van der Waals surface area contributed by atoms with Crippen LogP contribution < -0.4 is 0 Å². The average molecular weight is 320 g/mol. The molecule has 2 atom stereocenters. The van der Waals surface area contributed by atoms with Crippen LogP contribution in [0.15, 0.2) is 36.4 Å². The molecule has 1 saturated heterocycles. The number of phenolic OH excluding ortho intramolecular Hbond substituents is 3. The van der Waals surface area contributed by atoms with E-state index in [1.54, 1.807) is 24.3 Å². The highest BCUT2D eigenvalue weighted by atomic mass is 35.5. The van der Waals surface area contributed by atoms with Crippen molar-refractivity contribution in [2.24, 2.45) is 0 Å². The maximum absolute atomic E-state index is 10.2. The molecule has 2 unspecified atom stereocenters. The van der Waals surface area contributed by atoms with Crippen LogP contribution in [-0.4, -0.2) is 40.4 Å². The largest absolute Gasteiger partial charge is 0.508 e. The van der Waals surface area contributed by atoms with Crippen molar-refractivity contribution in [2.45, 2.75) is 11.8 Å². The topological polar surface area (TPSA) is 63.9 Å². The minimum atomic E-state index is -0.128. The highest BCUT2D eigenvalue weighted by Gasteiger charge is 2.35. The van der Waals surface area contributed by atoms with Crippen molar-refractivity contribution < 1.29 is 15.3 Å². The molecule has 3 rings (SSSR count). The van der Waals surface area contributed by atoms with Gasteiger partial charge >= 0.3 is 0 Å². The molecule has 2 aromatic carbocycles. The summed E-state index contributed by atoms with van der Waals surface area (Å²) in [5, 5.41) is 30.0. The number of benzene rings is 2. The van der Waals surface area contributed by atoms with Crippen LogP contribution in [0.5, 0.6) is 17.2 Å². The van der Waals surface area contributed by atoms with Gasteiger partial charge < -0.3 is 20.2 Å². The Hall–Kier alpha value is -1.91. The van der Waals surface area contributed by atoms with Gasteiger partial charge in [-0.3, -0.25) is 0 Å². The molecule has 22 heavy (non-hydrogen) atoms. The molecule has 3 N–H and O–H groups in total. The SMILES string of the molecule is CN1CC(c2ccc(O)c(O)c2)C(c2cc(Cl)ccc2O)C1. The fraction of sp³-hybridized carbons (Fsp3) is 0.294. The molecular weight excluding hydrogens is 302 g/mol. The second kappa shape index (κ2) is 5.71. The zero-order chi connectivity index (χ0) is 15.9. The van der Waals surface area contributed by atoms with Gasteiger partial charge in [-0.2, -0.15) is 0 Å². The lowest BCUT2D eigenvalue weighted by Gasteiger charge is -2.21. The number of hydrogen-bond donors (Lipinski definition) is 3. The smallest absolute Gasteiger partial charge is 0.157 e. The summed E-state index contributed by atoms with van der Waals surface area (Å²) in [5.41, 5.74) is 1.75. The summed E-state index contributed by atoms with van der Waals surface area (Å²) >= 11 is 6.07. The molecule has 0 radical (unpaired) electrons. The Morgan fingerprint density at radius 3 is 2.32 bits per heavy atom. The van der Waals surface area contributed by atoms with E-state index >= 15 is 0 Å². The number of hydrogen-bond acceptors (Lipinski definition) is 4. The first-order chi connectivity index (χ1) is 10.5. The van der Waals surface area contributed by atoms with E-state index in [1.165, 1.54) is 6.07 Å². The average Bonchev–Trinajstić information content (AvgIpc) is 2.86. The van der Waals surface area contributed by atoms with Crippen LogP contribution in [0.2, 0.25) is 5.02 Å². The molecule has 4 nitrogen and oxygen atoms in total. The fourth-order valence-corrected chi connectivity index (χ4v) is 3.43. The Morgan fingerprint density at radius 1 is 0.909 bits per heavy atom. The molecule has 1 heterocycles. The molecule has 0 spiro atoms. The van der Waals surface area contributed by atoms with Crippen molar-refractivity contribution in [2.75, 3.05) is 20.1 Å². The highest BCUT2D eigenvalue weighted by molar-refractivity contribution is 6.30. The number of likely N-dealkylation sites (N-methyl/N-ethyl adjacent to an activating group) is 1. The van der Waals surface area contributed by atoms with Gasteiger partial charge in [0.25, 0.3) is 0 Å². The zero-order valence-electron chi connectivity index (χ0n) is 12.2. The van der Waals surface area contributed by atoms with Crippen LogP contribution in [0.25, 0.3) is 0 Å². The van der Waals surface area contributed by atoms with E-state index < -0.39 is 0 Å². The summed E-state index contributed by atoms with van der Waals surface area (Å²) < 4.78 is 0. The number of aromatic hydroxyl groups is 3. The quantitative estimate of drug-likeness (QED) is 0.743. The number of halogens is 1. The summed E-state index contributed by atoms with van der Waals surface area (Å²) in [6.07, 6.45) is 0. The monoisotopic (exact) mass is 319 g/mol.